The second-order valence-electron chi connectivity index (χ2n) is 2.67. The molecule has 0 aromatic heterocycles. The van der Waals surface area contributed by atoms with E-state index in [-0.39, 0.29) is 0 Å². The highest BCUT2D eigenvalue weighted by atomic mass is 16.7. The van der Waals surface area contributed by atoms with Gasteiger partial charge in [0, 0.05) is 6.92 Å². The first-order chi connectivity index (χ1) is 6.20. The van der Waals surface area contributed by atoms with Gasteiger partial charge in [-0.15, -0.1) is 0 Å². The van der Waals surface area contributed by atoms with Crippen LogP contribution in [0, 0.1) is 6.92 Å². The molecule has 0 bridgehead atoms. The Labute approximate surface area is 77.0 Å². The lowest BCUT2D eigenvalue weighted by Gasteiger charge is -1.96. The van der Waals surface area contributed by atoms with Gasteiger partial charge in [-0.1, -0.05) is 29.4 Å². The van der Waals surface area contributed by atoms with Crippen LogP contribution < -0.4 is 0 Å². The largest absolute Gasteiger partial charge is 0.331 e. The number of rotatable bonds is 2. The second kappa shape index (κ2) is 4.40. The van der Waals surface area contributed by atoms with Crippen molar-refractivity contribution < 1.29 is 9.63 Å². The summed E-state index contributed by atoms with van der Waals surface area (Å²) in [7, 11) is 0. The molecule has 1 aromatic rings. The average molecular weight is 177 g/mol. The number of nitrogens with zero attached hydrogens (tertiary/aromatic N) is 1. The smallest absolute Gasteiger partial charge is 0.319 e. The second-order valence-corrected chi connectivity index (χ2v) is 2.67. The Kier molecular flexibility index (Phi) is 3.20. The Balaban J connectivity index is 2.68. The van der Waals surface area contributed by atoms with E-state index in [0.717, 1.165) is 11.1 Å². The minimum Gasteiger partial charge on any atom is -0.319 e. The molecule has 0 unspecified atom stereocenters. The molecule has 3 nitrogen and oxygen atoms in total. The summed E-state index contributed by atoms with van der Waals surface area (Å²) in [6.45, 7) is 3.28. The average Bonchev–Trinajstić information content (AvgIpc) is 2.08. The van der Waals surface area contributed by atoms with E-state index >= 15 is 0 Å². The lowest BCUT2D eigenvalue weighted by Crippen LogP contribution is -1.92. The first-order valence-electron chi connectivity index (χ1n) is 3.97. The fraction of sp³-hybridized carbons (Fsp3) is 0.200. The van der Waals surface area contributed by atoms with E-state index in [4.69, 9.17) is 0 Å². The summed E-state index contributed by atoms with van der Waals surface area (Å²) >= 11 is 0. The normalized spacial score (nSPS) is 10.3. The standard InChI is InChI=1S/C10H11NO2/c1-8-5-3-4-6-10(8)7-11-13-9(2)12/h3-7H,1-2H3. The quantitative estimate of drug-likeness (QED) is 0.393. The summed E-state index contributed by atoms with van der Waals surface area (Å²) in [6, 6.07) is 7.72. The Morgan fingerprint density at radius 1 is 1.46 bits per heavy atom. The first kappa shape index (κ1) is 9.45. The molecule has 0 fully saturated rings. The number of hydrogen-bond acceptors (Lipinski definition) is 3. The number of benzene rings is 1. The molecule has 3 heteroatoms. The molecule has 0 aliphatic carbocycles. The van der Waals surface area contributed by atoms with Crippen molar-refractivity contribution in [3.63, 3.8) is 0 Å². The highest BCUT2D eigenvalue weighted by molar-refractivity contribution is 5.81. The molecule has 68 valence electrons. The maximum atomic E-state index is 10.4. The van der Waals surface area contributed by atoms with Crippen LogP contribution in [-0.2, 0) is 9.63 Å². The number of hydrogen-bond donors (Lipinski definition) is 0. The molecule has 0 saturated heterocycles. The molecule has 0 saturated carbocycles. The molecular formula is C10H11NO2. The van der Waals surface area contributed by atoms with Crippen LogP contribution >= 0.6 is 0 Å². The van der Waals surface area contributed by atoms with Crippen LogP contribution in [0.4, 0.5) is 0 Å². The Bertz CT molecular complexity index is 331. The van der Waals surface area contributed by atoms with E-state index in [0.29, 0.717) is 0 Å². The van der Waals surface area contributed by atoms with Gasteiger partial charge in [-0.3, -0.25) is 0 Å². The van der Waals surface area contributed by atoms with Gasteiger partial charge in [-0.05, 0) is 18.1 Å². The van der Waals surface area contributed by atoms with Gasteiger partial charge in [0.1, 0.15) is 0 Å². The molecule has 0 aliphatic rings. The predicted octanol–water partition coefficient (Wildman–Crippen LogP) is 1.89. The van der Waals surface area contributed by atoms with Gasteiger partial charge < -0.3 is 4.84 Å². The number of oxime groups is 1. The van der Waals surface area contributed by atoms with E-state index in [1.54, 1.807) is 0 Å². The minimum absolute atomic E-state index is 0.412. The summed E-state index contributed by atoms with van der Waals surface area (Å²) in [5.41, 5.74) is 2.04. The van der Waals surface area contributed by atoms with Crippen LogP contribution in [0.5, 0.6) is 0 Å². The van der Waals surface area contributed by atoms with Crippen LogP contribution in [0.25, 0.3) is 0 Å². The van der Waals surface area contributed by atoms with Crippen LogP contribution in [-0.4, -0.2) is 12.2 Å². The van der Waals surface area contributed by atoms with Gasteiger partial charge in [0.25, 0.3) is 0 Å². The van der Waals surface area contributed by atoms with Crippen molar-refractivity contribution >= 4 is 12.2 Å². The first-order valence-corrected chi connectivity index (χ1v) is 3.97. The lowest BCUT2D eigenvalue weighted by atomic mass is 10.1. The van der Waals surface area contributed by atoms with Crippen LogP contribution in [0.1, 0.15) is 18.1 Å². The third-order valence-corrected chi connectivity index (χ3v) is 1.56. The zero-order valence-electron chi connectivity index (χ0n) is 7.65. The highest BCUT2D eigenvalue weighted by Crippen LogP contribution is 2.03. The fourth-order valence-electron chi connectivity index (χ4n) is 0.889. The van der Waals surface area contributed by atoms with Crippen LogP contribution in [0.3, 0.4) is 0 Å². The van der Waals surface area contributed by atoms with Gasteiger partial charge in [0.05, 0.1) is 6.21 Å². The van der Waals surface area contributed by atoms with Crippen molar-refractivity contribution in [2.24, 2.45) is 5.16 Å². The third-order valence-electron chi connectivity index (χ3n) is 1.56. The Morgan fingerprint density at radius 3 is 2.77 bits per heavy atom. The van der Waals surface area contributed by atoms with E-state index < -0.39 is 5.97 Å². The molecular weight excluding hydrogens is 166 g/mol. The van der Waals surface area contributed by atoms with Crippen LogP contribution in [0.15, 0.2) is 29.4 Å². The molecule has 0 radical (unpaired) electrons. The molecule has 0 amide bonds. The number of carbonyl (C=O) groups excluding carboxylic acids is 1. The molecule has 1 aromatic carbocycles. The number of aryl methyl sites for hydroxylation is 1. The van der Waals surface area contributed by atoms with Crippen molar-refractivity contribution in [3.8, 4) is 0 Å². The van der Waals surface area contributed by atoms with Gasteiger partial charge in [0.15, 0.2) is 0 Å². The summed E-state index contributed by atoms with van der Waals surface area (Å²) in [5, 5.41) is 3.53. The molecule has 1 rings (SSSR count). The molecule has 0 atom stereocenters. The topological polar surface area (TPSA) is 38.7 Å². The van der Waals surface area contributed by atoms with Gasteiger partial charge in [0.2, 0.25) is 0 Å². The maximum absolute atomic E-state index is 10.4. The summed E-state index contributed by atoms with van der Waals surface area (Å²) in [6.07, 6.45) is 1.52. The molecule has 0 N–H and O–H groups in total. The van der Waals surface area contributed by atoms with E-state index in [1.165, 1.54) is 13.1 Å². The molecule has 13 heavy (non-hydrogen) atoms. The van der Waals surface area contributed by atoms with Crippen molar-refractivity contribution in [1.82, 2.24) is 0 Å². The van der Waals surface area contributed by atoms with E-state index in [1.807, 2.05) is 31.2 Å². The van der Waals surface area contributed by atoms with Crippen molar-refractivity contribution in [2.75, 3.05) is 0 Å². The summed E-state index contributed by atoms with van der Waals surface area (Å²) < 4.78 is 0. The zero-order valence-corrected chi connectivity index (χ0v) is 7.65. The summed E-state index contributed by atoms with van der Waals surface area (Å²) in [5.74, 6) is -0.412. The third kappa shape index (κ3) is 3.07. The molecule has 0 aliphatic heterocycles. The molecule has 0 heterocycles. The monoisotopic (exact) mass is 177 g/mol. The fourth-order valence-corrected chi connectivity index (χ4v) is 0.889. The lowest BCUT2D eigenvalue weighted by molar-refractivity contribution is -0.140. The highest BCUT2D eigenvalue weighted by Gasteiger charge is 1.92. The van der Waals surface area contributed by atoms with Gasteiger partial charge >= 0.3 is 5.97 Å². The summed E-state index contributed by atoms with van der Waals surface area (Å²) in [4.78, 5) is 14.8. The number of carbonyl (C=O) groups is 1. The van der Waals surface area contributed by atoms with Crippen molar-refractivity contribution in [1.29, 1.82) is 0 Å². The zero-order chi connectivity index (χ0) is 9.68. The van der Waals surface area contributed by atoms with Gasteiger partial charge in [-0.25, -0.2) is 4.79 Å². The predicted molar refractivity (Wildman–Crippen MR) is 50.5 cm³/mol. The Hall–Kier alpha value is -1.64. The SMILES string of the molecule is CC(=O)ON=Cc1ccccc1C. The maximum Gasteiger partial charge on any atom is 0.331 e. The Morgan fingerprint density at radius 2 is 2.15 bits per heavy atom. The van der Waals surface area contributed by atoms with Crippen molar-refractivity contribution in [3.05, 3.63) is 35.4 Å². The van der Waals surface area contributed by atoms with E-state index in [9.17, 15) is 4.79 Å². The van der Waals surface area contributed by atoms with Crippen molar-refractivity contribution in [2.45, 2.75) is 13.8 Å². The van der Waals surface area contributed by atoms with Crippen LogP contribution in [0.2, 0.25) is 0 Å². The van der Waals surface area contributed by atoms with Gasteiger partial charge in [-0.2, -0.15) is 0 Å². The molecule has 0 spiro atoms. The van der Waals surface area contributed by atoms with E-state index in [2.05, 4.69) is 9.99 Å². The minimum atomic E-state index is -0.412.